The number of hydrogen-bond donors (Lipinski definition) is 8. The van der Waals surface area contributed by atoms with Crippen molar-refractivity contribution in [3.8, 4) is 0 Å². The van der Waals surface area contributed by atoms with Gasteiger partial charge in [-0.2, -0.15) is 0 Å². The number of amides is 2. The van der Waals surface area contributed by atoms with Crippen molar-refractivity contribution in [2.75, 3.05) is 13.2 Å². The molecule has 0 bridgehead atoms. The molecular formula is C34H34N2O10S. The first-order chi connectivity index (χ1) is 22.7. The summed E-state index contributed by atoms with van der Waals surface area (Å²) in [5.41, 5.74) is -2.38. The fourth-order valence-corrected chi connectivity index (χ4v) is 7.01. The van der Waals surface area contributed by atoms with Crippen molar-refractivity contribution in [1.82, 2.24) is 10.6 Å². The maximum atomic E-state index is 13.2. The maximum Gasteiger partial charge on any atom is 0.255 e. The molecule has 2 heterocycles. The van der Waals surface area contributed by atoms with Crippen LogP contribution in [0.15, 0.2) is 96.4 Å². The van der Waals surface area contributed by atoms with E-state index >= 15 is 0 Å². The summed E-state index contributed by atoms with van der Waals surface area (Å²) in [4.78, 5) is 26.4. The van der Waals surface area contributed by atoms with Gasteiger partial charge in [0, 0.05) is 11.1 Å². The summed E-state index contributed by atoms with van der Waals surface area (Å²) >= 11 is 0.731. The Balaban J connectivity index is 1.19. The molecule has 5 unspecified atom stereocenters. The molecule has 2 aliphatic rings. The van der Waals surface area contributed by atoms with E-state index in [9.17, 15) is 40.2 Å². The molecule has 2 aliphatic heterocycles. The minimum absolute atomic E-state index is 0.253. The number of carbonyl (C=O) groups excluding carboxylic acids is 2. The van der Waals surface area contributed by atoms with E-state index in [-0.39, 0.29) is 16.8 Å². The van der Waals surface area contributed by atoms with Gasteiger partial charge in [-0.05, 0) is 45.8 Å². The molecule has 4 aromatic rings. The van der Waals surface area contributed by atoms with E-state index in [1.54, 1.807) is 36.4 Å². The van der Waals surface area contributed by atoms with Gasteiger partial charge in [0.05, 0.1) is 25.0 Å². The smallest absolute Gasteiger partial charge is 0.255 e. The third-order valence-electron chi connectivity index (χ3n) is 8.32. The highest BCUT2D eigenvalue weighted by Crippen LogP contribution is 2.37. The quantitative estimate of drug-likeness (QED) is 0.136. The second kappa shape index (κ2) is 14.0. The second-order valence-electron chi connectivity index (χ2n) is 11.3. The fourth-order valence-electron chi connectivity index (χ4n) is 5.73. The molecule has 8 atom stereocenters. The van der Waals surface area contributed by atoms with Crippen LogP contribution in [0.3, 0.4) is 0 Å². The second-order valence-corrected chi connectivity index (χ2v) is 12.5. The molecule has 13 heteroatoms. The maximum absolute atomic E-state index is 13.2. The highest BCUT2D eigenvalue weighted by Gasteiger charge is 2.48. The first-order valence-electron chi connectivity index (χ1n) is 14.9. The molecule has 6 rings (SSSR count). The topological polar surface area (TPSA) is 198 Å². The van der Waals surface area contributed by atoms with Gasteiger partial charge in [0.2, 0.25) is 0 Å². The van der Waals surface area contributed by atoms with Crippen LogP contribution in [0.25, 0.3) is 21.5 Å². The van der Waals surface area contributed by atoms with Gasteiger partial charge in [-0.25, -0.2) is 0 Å². The van der Waals surface area contributed by atoms with E-state index in [2.05, 4.69) is 10.6 Å². The average Bonchev–Trinajstić information content (AvgIpc) is 3.10. The summed E-state index contributed by atoms with van der Waals surface area (Å²) < 4.78 is 11.5. The summed E-state index contributed by atoms with van der Waals surface area (Å²) in [6, 6.07) is 23.6. The van der Waals surface area contributed by atoms with Gasteiger partial charge < -0.3 is 50.7 Å². The molecule has 2 amide bonds. The zero-order valence-electron chi connectivity index (χ0n) is 24.8. The number of benzene rings is 4. The lowest BCUT2D eigenvalue weighted by Crippen LogP contribution is -2.64. The van der Waals surface area contributed by atoms with E-state index in [0.717, 1.165) is 33.3 Å². The molecule has 0 spiro atoms. The SMILES string of the molecule is O=C(NC1=C(O)C(CO)O[C@@H](S[C@@H]2OC(CO)[C@H](O)C(NC(=O)c3ccc4ccccc4c3)C2O)C1O)c1ccc2ccccc2c1. The molecule has 47 heavy (non-hydrogen) atoms. The van der Waals surface area contributed by atoms with Crippen LogP contribution < -0.4 is 10.6 Å². The molecule has 1 fully saturated rings. The van der Waals surface area contributed by atoms with Crippen molar-refractivity contribution < 1.29 is 49.7 Å². The highest BCUT2D eigenvalue weighted by molar-refractivity contribution is 8.00. The van der Waals surface area contributed by atoms with Crippen LogP contribution in [0.5, 0.6) is 0 Å². The number of hydrogen-bond acceptors (Lipinski definition) is 11. The van der Waals surface area contributed by atoms with Crippen molar-refractivity contribution in [2.45, 2.75) is 47.4 Å². The van der Waals surface area contributed by atoms with E-state index < -0.39 is 78.2 Å². The van der Waals surface area contributed by atoms with Crippen LogP contribution in [0.2, 0.25) is 0 Å². The van der Waals surface area contributed by atoms with Crippen LogP contribution >= 0.6 is 11.8 Å². The molecule has 0 radical (unpaired) electrons. The molecule has 8 N–H and O–H groups in total. The number of nitrogens with one attached hydrogen (secondary N) is 2. The Morgan fingerprint density at radius 2 is 1.28 bits per heavy atom. The predicted molar refractivity (Wildman–Crippen MR) is 173 cm³/mol. The minimum atomic E-state index is -1.67. The summed E-state index contributed by atoms with van der Waals surface area (Å²) in [5, 5.41) is 72.7. The number of ether oxygens (including phenoxy) is 2. The normalized spacial score (nSPS) is 27.9. The lowest BCUT2D eigenvalue weighted by Gasteiger charge is -2.44. The number of thioether (sulfide) groups is 1. The Morgan fingerprint density at radius 3 is 1.85 bits per heavy atom. The van der Waals surface area contributed by atoms with E-state index in [4.69, 9.17) is 9.47 Å². The third-order valence-corrected chi connectivity index (χ3v) is 9.62. The van der Waals surface area contributed by atoms with Gasteiger partial charge >= 0.3 is 0 Å². The van der Waals surface area contributed by atoms with Crippen LogP contribution in [0.4, 0.5) is 0 Å². The first kappa shape index (κ1) is 32.9. The molecular weight excluding hydrogens is 628 g/mol. The van der Waals surface area contributed by atoms with Crippen LogP contribution in [0, 0.1) is 0 Å². The van der Waals surface area contributed by atoms with Gasteiger partial charge in [-0.3, -0.25) is 9.59 Å². The summed E-state index contributed by atoms with van der Waals surface area (Å²) in [6.45, 7) is -1.37. The van der Waals surface area contributed by atoms with Crippen LogP contribution in [0.1, 0.15) is 20.7 Å². The van der Waals surface area contributed by atoms with Crippen molar-refractivity contribution in [2.24, 2.45) is 0 Å². The lowest BCUT2D eigenvalue weighted by molar-refractivity contribution is -0.165. The van der Waals surface area contributed by atoms with E-state index in [0.29, 0.717) is 0 Å². The van der Waals surface area contributed by atoms with Crippen molar-refractivity contribution >= 4 is 45.1 Å². The van der Waals surface area contributed by atoms with Gasteiger partial charge in [0.1, 0.15) is 47.2 Å². The summed E-state index contributed by atoms with van der Waals surface area (Å²) in [5.74, 6) is -1.80. The summed E-state index contributed by atoms with van der Waals surface area (Å²) in [6.07, 6.45) is -7.32. The fraction of sp³-hybridized carbons (Fsp3) is 0.294. The average molecular weight is 663 g/mol. The zero-order chi connectivity index (χ0) is 33.2. The van der Waals surface area contributed by atoms with E-state index in [1.807, 2.05) is 48.5 Å². The Hall–Kier alpha value is -4.05. The summed E-state index contributed by atoms with van der Waals surface area (Å²) in [7, 11) is 0. The molecule has 0 aliphatic carbocycles. The monoisotopic (exact) mass is 662 g/mol. The van der Waals surface area contributed by atoms with Gasteiger partial charge in [-0.1, -0.05) is 72.4 Å². The Labute approximate surface area is 273 Å². The standard InChI is InChI=1S/C34H34N2O10S/c37-15-23-27(39)25(35-31(43)21-11-9-17-5-1-3-7-19(17)13-21)29(41)33(45-23)47-34-30(42)26(28(40)24(16-38)46-34)36-32(44)22-12-10-18-6-2-4-8-20(18)14-22/h1-14,23-25,27,29-30,33-34,37-42H,15-16H2,(H,35,43)(H,36,44)/t23?,24?,25?,27-,29?,30?,33-,34-/m0/s1. The minimum Gasteiger partial charge on any atom is -0.508 e. The molecule has 0 saturated carbocycles. The highest BCUT2D eigenvalue weighted by atomic mass is 32.2. The zero-order valence-corrected chi connectivity index (χ0v) is 25.7. The largest absolute Gasteiger partial charge is 0.508 e. The van der Waals surface area contributed by atoms with E-state index in [1.165, 1.54) is 0 Å². The Morgan fingerprint density at radius 1 is 0.702 bits per heavy atom. The molecule has 246 valence electrons. The van der Waals surface area contributed by atoms with Crippen molar-refractivity contribution in [1.29, 1.82) is 0 Å². The van der Waals surface area contributed by atoms with Crippen LogP contribution in [-0.4, -0.2) is 103 Å². The van der Waals surface area contributed by atoms with Crippen molar-refractivity contribution in [3.63, 3.8) is 0 Å². The predicted octanol–water partition coefficient (Wildman–Crippen LogP) is 1.54. The lowest BCUT2D eigenvalue weighted by atomic mass is 9.96. The van der Waals surface area contributed by atoms with Crippen LogP contribution in [-0.2, 0) is 9.47 Å². The number of aliphatic hydroxyl groups excluding tert-OH is 6. The third kappa shape index (κ3) is 6.70. The number of aliphatic hydroxyl groups is 6. The molecule has 0 aromatic heterocycles. The molecule has 12 nitrogen and oxygen atoms in total. The first-order valence-corrected chi connectivity index (χ1v) is 15.9. The van der Waals surface area contributed by atoms with Gasteiger partial charge in [0.15, 0.2) is 0 Å². The number of carbonyl (C=O) groups is 2. The Kier molecular flexibility index (Phi) is 9.77. The molecule has 1 saturated heterocycles. The number of fused-ring (bicyclic) bond motifs is 2. The molecule has 4 aromatic carbocycles. The van der Waals surface area contributed by atoms with Crippen molar-refractivity contribution in [3.05, 3.63) is 108 Å². The van der Waals surface area contributed by atoms with Gasteiger partial charge in [0.25, 0.3) is 11.8 Å². The Bertz CT molecular complexity index is 1820. The van der Waals surface area contributed by atoms with Gasteiger partial charge in [-0.15, -0.1) is 0 Å². The number of rotatable bonds is 8.